The Kier molecular flexibility index (Phi) is 5.66. The lowest BCUT2D eigenvalue weighted by Gasteiger charge is -2.11. The van der Waals surface area contributed by atoms with E-state index < -0.39 is 10.0 Å². The van der Waals surface area contributed by atoms with Gasteiger partial charge in [0.05, 0.1) is 11.9 Å². The number of aryl methyl sites for hydroxylation is 3. The number of carbonyl (C=O) groups excluding carboxylic acids is 1. The van der Waals surface area contributed by atoms with Crippen LogP contribution in [0.5, 0.6) is 0 Å². The maximum atomic E-state index is 13.2. The molecule has 0 aliphatic heterocycles. The second kappa shape index (κ2) is 7.87. The SMILES string of the molecule is Cc1ccc(C(=O)c2c(C)cc(Cc3ccc(NS(C)(=O)=O)cc3)n2C)c(C)c1. The van der Waals surface area contributed by atoms with Gasteiger partial charge in [-0.1, -0.05) is 35.9 Å². The largest absolute Gasteiger partial charge is 0.344 e. The predicted molar refractivity (Wildman–Crippen MR) is 117 cm³/mol. The standard InChI is InChI=1S/C23H26N2O3S/c1-15-6-11-21(16(2)12-15)23(26)22-17(3)13-20(25(22)4)14-18-7-9-19(10-8-18)24-29(5,27)28/h6-13,24H,14H2,1-5H3. The van der Waals surface area contributed by atoms with Crippen LogP contribution in [0.2, 0.25) is 0 Å². The molecular weight excluding hydrogens is 384 g/mol. The number of hydrogen-bond acceptors (Lipinski definition) is 3. The summed E-state index contributed by atoms with van der Waals surface area (Å²) in [7, 11) is -1.38. The summed E-state index contributed by atoms with van der Waals surface area (Å²) in [6.45, 7) is 5.94. The van der Waals surface area contributed by atoms with Crippen molar-refractivity contribution in [1.29, 1.82) is 0 Å². The van der Waals surface area contributed by atoms with Gasteiger partial charge in [0, 0.05) is 30.4 Å². The van der Waals surface area contributed by atoms with Gasteiger partial charge in [0.25, 0.3) is 0 Å². The van der Waals surface area contributed by atoms with Crippen LogP contribution in [0.4, 0.5) is 5.69 Å². The topological polar surface area (TPSA) is 68.2 Å². The molecule has 1 heterocycles. The van der Waals surface area contributed by atoms with Crippen LogP contribution in [0.1, 0.15) is 44.0 Å². The Balaban J connectivity index is 1.87. The van der Waals surface area contributed by atoms with Crippen molar-refractivity contribution in [3.63, 3.8) is 0 Å². The highest BCUT2D eigenvalue weighted by molar-refractivity contribution is 7.92. The summed E-state index contributed by atoms with van der Waals surface area (Å²) in [6.07, 6.45) is 1.78. The zero-order valence-electron chi connectivity index (χ0n) is 17.4. The van der Waals surface area contributed by atoms with Crippen LogP contribution in [0.3, 0.4) is 0 Å². The van der Waals surface area contributed by atoms with Crippen LogP contribution >= 0.6 is 0 Å². The highest BCUT2D eigenvalue weighted by Gasteiger charge is 2.20. The molecule has 2 aromatic carbocycles. The second-order valence-electron chi connectivity index (χ2n) is 7.62. The number of nitrogens with one attached hydrogen (secondary N) is 1. The molecule has 3 aromatic rings. The molecule has 0 bridgehead atoms. The molecule has 0 amide bonds. The molecule has 0 aliphatic carbocycles. The predicted octanol–water partition coefficient (Wildman–Crippen LogP) is 4.14. The molecular formula is C23H26N2O3S. The minimum Gasteiger partial charge on any atom is -0.344 e. The molecule has 0 radical (unpaired) electrons. The van der Waals surface area contributed by atoms with Gasteiger partial charge >= 0.3 is 0 Å². The number of nitrogens with zero attached hydrogens (tertiary/aromatic N) is 1. The van der Waals surface area contributed by atoms with E-state index in [2.05, 4.69) is 4.72 Å². The van der Waals surface area contributed by atoms with E-state index in [4.69, 9.17) is 0 Å². The molecule has 0 unspecified atom stereocenters. The Labute approximate surface area is 172 Å². The minimum absolute atomic E-state index is 0.0291. The number of ketones is 1. The quantitative estimate of drug-likeness (QED) is 0.621. The van der Waals surface area contributed by atoms with E-state index in [1.54, 1.807) is 12.1 Å². The fourth-order valence-electron chi connectivity index (χ4n) is 3.63. The molecule has 1 aromatic heterocycles. The minimum atomic E-state index is -3.29. The van der Waals surface area contributed by atoms with E-state index in [1.807, 2.05) is 68.8 Å². The third-order valence-electron chi connectivity index (χ3n) is 5.01. The summed E-state index contributed by atoms with van der Waals surface area (Å²) in [4.78, 5) is 13.2. The smallest absolute Gasteiger partial charge is 0.229 e. The highest BCUT2D eigenvalue weighted by atomic mass is 32.2. The summed E-state index contributed by atoms with van der Waals surface area (Å²) in [5.41, 5.74) is 7.08. The van der Waals surface area contributed by atoms with Crippen LogP contribution < -0.4 is 4.72 Å². The second-order valence-corrected chi connectivity index (χ2v) is 9.37. The van der Waals surface area contributed by atoms with Crippen molar-refractivity contribution in [2.75, 3.05) is 11.0 Å². The van der Waals surface area contributed by atoms with Gasteiger partial charge in [0.1, 0.15) is 0 Å². The number of benzene rings is 2. The lowest BCUT2D eigenvalue weighted by Crippen LogP contribution is -2.12. The fraction of sp³-hybridized carbons (Fsp3) is 0.261. The summed E-state index contributed by atoms with van der Waals surface area (Å²) in [5.74, 6) is 0.0291. The van der Waals surface area contributed by atoms with Gasteiger partial charge in [0.15, 0.2) is 0 Å². The Hall–Kier alpha value is -2.86. The lowest BCUT2D eigenvalue weighted by atomic mass is 9.99. The van der Waals surface area contributed by atoms with E-state index in [9.17, 15) is 13.2 Å². The molecule has 29 heavy (non-hydrogen) atoms. The molecule has 0 atom stereocenters. The van der Waals surface area contributed by atoms with Crippen molar-refractivity contribution in [3.05, 3.63) is 87.7 Å². The van der Waals surface area contributed by atoms with Crippen molar-refractivity contribution >= 4 is 21.5 Å². The molecule has 0 aliphatic rings. The van der Waals surface area contributed by atoms with Gasteiger partial charge in [-0.15, -0.1) is 0 Å². The van der Waals surface area contributed by atoms with E-state index in [0.29, 0.717) is 17.8 Å². The number of sulfonamides is 1. The molecule has 152 valence electrons. The summed E-state index contributed by atoms with van der Waals surface area (Å²) >= 11 is 0. The summed E-state index contributed by atoms with van der Waals surface area (Å²) in [5, 5.41) is 0. The maximum absolute atomic E-state index is 13.2. The van der Waals surface area contributed by atoms with Crippen molar-refractivity contribution in [2.45, 2.75) is 27.2 Å². The molecule has 0 fully saturated rings. The normalized spacial score (nSPS) is 11.5. The van der Waals surface area contributed by atoms with Crippen molar-refractivity contribution < 1.29 is 13.2 Å². The van der Waals surface area contributed by atoms with Crippen molar-refractivity contribution in [2.24, 2.45) is 7.05 Å². The molecule has 0 saturated heterocycles. The summed E-state index contributed by atoms with van der Waals surface area (Å²) < 4.78 is 27.1. The molecule has 5 nitrogen and oxygen atoms in total. The third kappa shape index (κ3) is 4.77. The number of hydrogen-bond donors (Lipinski definition) is 1. The first-order chi connectivity index (χ1) is 13.5. The highest BCUT2D eigenvalue weighted by Crippen LogP contribution is 2.23. The molecule has 1 N–H and O–H groups in total. The first-order valence-corrected chi connectivity index (χ1v) is 11.3. The van der Waals surface area contributed by atoms with E-state index in [-0.39, 0.29) is 5.78 Å². The fourth-order valence-corrected chi connectivity index (χ4v) is 4.20. The monoisotopic (exact) mass is 410 g/mol. The van der Waals surface area contributed by atoms with Crippen LogP contribution in [-0.4, -0.2) is 25.0 Å². The molecule has 6 heteroatoms. The zero-order valence-corrected chi connectivity index (χ0v) is 18.2. The average Bonchev–Trinajstić information content (AvgIpc) is 2.88. The Morgan fingerprint density at radius 3 is 2.21 bits per heavy atom. The van der Waals surface area contributed by atoms with Gasteiger partial charge in [-0.3, -0.25) is 9.52 Å². The molecule has 0 spiro atoms. The average molecular weight is 411 g/mol. The van der Waals surface area contributed by atoms with E-state index >= 15 is 0 Å². The van der Waals surface area contributed by atoms with Crippen molar-refractivity contribution in [3.8, 4) is 0 Å². The van der Waals surface area contributed by atoms with Crippen molar-refractivity contribution in [1.82, 2.24) is 4.57 Å². The first kappa shape index (κ1) is 20.9. The molecule has 0 saturated carbocycles. The Morgan fingerprint density at radius 2 is 1.62 bits per heavy atom. The van der Waals surface area contributed by atoms with Gasteiger partial charge < -0.3 is 4.57 Å². The number of rotatable bonds is 6. The zero-order chi connectivity index (χ0) is 21.3. The first-order valence-electron chi connectivity index (χ1n) is 9.39. The molecule has 3 rings (SSSR count). The Bertz CT molecular complexity index is 1170. The number of aromatic nitrogens is 1. The van der Waals surface area contributed by atoms with E-state index in [1.165, 1.54) is 0 Å². The summed E-state index contributed by atoms with van der Waals surface area (Å²) in [6, 6.07) is 15.2. The third-order valence-corrected chi connectivity index (χ3v) is 5.61. The number of anilines is 1. The number of carbonyl (C=O) groups is 1. The van der Waals surface area contributed by atoms with E-state index in [0.717, 1.165) is 39.8 Å². The lowest BCUT2D eigenvalue weighted by molar-refractivity contribution is 0.103. The van der Waals surface area contributed by atoms with Gasteiger partial charge in [-0.25, -0.2) is 8.42 Å². The van der Waals surface area contributed by atoms with Crippen LogP contribution in [0.25, 0.3) is 0 Å². The van der Waals surface area contributed by atoms with Gasteiger partial charge in [-0.2, -0.15) is 0 Å². The van der Waals surface area contributed by atoms with Crippen LogP contribution in [0, 0.1) is 20.8 Å². The van der Waals surface area contributed by atoms with Crippen LogP contribution in [0.15, 0.2) is 48.5 Å². The van der Waals surface area contributed by atoms with Gasteiger partial charge in [0.2, 0.25) is 15.8 Å². The van der Waals surface area contributed by atoms with Crippen LogP contribution in [-0.2, 0) is 23.5 Å². The Morgan fingerprint density at radius 1 is 0.966 bits per heavy atom. The van der Waals surface area contributed by atoms with Gasteiger partial charge in [-0.05, 0) is 55.7 Å². The maximum Gasteiger partial charge on any atom is 0.229 e.